The van der Waals surface area contributed by atoms with Gasteiger partial charge in [-0.2, -0.15) is 4.37 Å². The van der Waals surface area contributed by atoms with Crippen LogP contribution in [-0.2, 0) is 0 Å². The minimum absolute atomic E-state index is 0.0637. The third-order valence-corrected chi connectivity index (χ3v) is 2.06. The van der Waals surface area contributed by atoms with E-state index in [4.69, 9.17) is 0 Å². The van der Waals surface area contributed by atoms with Crippen LogP contribution in [-0.4, -0.2) is 9.36 Å². The van der Waals surface area contributed by atoms with Crippen molar-refractivity contribution in [3.63, 3.8) is 0 Å². The van der Waals surface area contributed by atoms with Crippen LogP contribution < -0.4 is 5.56 Å². The van der Waals surface area contributed by atoms with Crippen molar-refractivity contribution in [2.24, 2.45) is 0 Å². The van der Waals surface area contributed by atoms with Gasteiger partial charge in [0.05, 0.1) is 16.3 Å². The van der Waals surface area contributed by atoms with Crippen LogP contribution in [0.4, 0.5) is 0 Å². The number of aromatic nitrogens is 2. The van der Waals surface area contributed by atoms with Crippen molar-refractivity contribution in [3.8, 4) is 0 Å². The summed E-state index contributed by atoms with van der Waals surface area (Å²) >= 11 is 1.33. The number of nitrogens with one attached hydrogen (secondary N) is 1. The monoisotopic (exact) mass is 152 g/mol. The van der Waals surface area contributed by atoms with Gasteiger partial charge in [-0.1, -0.05) is 0 Å². The van der Waals surface area contributed by atoms with E-state index in [0.717, 1.165) is 4.70 Å². The lowest BCUT2D eigenvalue weighted by molar-refractivity contribution is 1.28. The molecule has 0 aliphatic rings. The van der Waals surface area contributed by atoms with Gasteiger partial charge >= 0.3 is 0 Å². The molecule has 2 aromatic heterocycles. The maximum atomic E-state index is 11.0. The van der Waals surface area contributed by atoms with Crippen molar-refractivity contribution in [1.82, 2.24) is 9.36 Å². The Balaban J connectivity index is 3.09. The molecule has 0 aliphatic heterocycles. The molecule has 0 atom stereocenters. The fraction of sp³-hybridized carbons (Fsp3) is 0. The van der Waals surface area contributed by atoms with Crippen molar-refractivity contribution in [2.75, 3.05) is 0 Å². The molecule has 2 heterocycles. The van der Waals surface area contributed by atoms with Gasteiger partial charge in [0.25, 0.3) is 5.56 Å². The zero-order chi connectivity index (χ0) is 6.97. The highest BCUT2D eigenvalue weighted by atomic mass is 32.1. The van der Waals surface area contributed by atoms with Crippen molar-refractivity contribution in [3.05, 3.63) is 28.8 Å². The Kier molecular flexibility index (Phi) is 1.07. The Morgan fingerprint density at radius 3 is 3.30 bits per heavy atom. The molecule has 0 aromatic carbocycles. The van der Waals surface area contributed by atoms with E-state index in [1.54, 1.807) is 12.4 Å². The Hall–Kier alpha value is -1.16. The van der Waals surface area contributed by atoms with E-state index >= 15 is 0 Å². The average molecular weight is 152 g/mol. The van der Waals surface area contributed by atoms with Crippen molar-refractivity contribution in [2.45, 2.75) is 0 Å². The maximum absolute atomic E-state index is 11.0. The summed E-state index contributed by atoms with van der Waals surface area (Å²) in [5.41, 5.74) is -0.0637. The number of rotatable bonds is 0. The Bertz CT molecular complexity index is 403. The molecule has 0 spiro atoms. The van der Waals surface area contributed by atoms with Gasteiger partial charge in [0.2, 0.25) is 0 Å². The molecule has 0 bridgehead atoms. The second-order valence-corrected chi connectivity index (χ2v) is 2.74. The molecule has 2 aromatic rings. The number of hydrogen-bond donors (Lipinski definition) is 1. The molecule has 0 aliphatic carbocycles. The molecule has 4 heteroatoms. The van der Waals surface area contributed by atoms with E-state index in [2.05, 4.69) is 9.36 Å². The van der Waals surface area contributed by atoms with Crippen LogP contribution in [0, 0.1) is 0 Å². The van der Waals surface area contributed by atoms with E-state index in [9.17, 15) is 4.79 Å². The van der Waals surface area contributed by atoms with E-state index in [0.29, 0.717) is 5.39 Å². The maximum Gasteiger partial charge on any atom is 0.258 e. The molecule has 3 nitrogen and oxygen atoms in total. The summed E-state index contributed by atoms with van der Waals surface area (Å²) in [7, 11) is 0. The molecule has 0 saturated carbocycles. The first-order valence-corrected chi connectivity index (χ1v) is 3.57. The van der Waals surface area contributed by atoms with Crippen LogP contribution >= 0.6 is 11.5 Å². The summed E-state index contributed by atoms with van der Waals surface area (Å²) in [5, 5.41) is 0.674. The Morgan fingerprint density at radius 2 is 2.50 bits per heavy atom. The summed E-state index contributed by atoms with van der Waals surface area (Å²) < 4.78 is 4.82. The summed E-state index contributed by atoms with van der Waals surface area (Å²) in [4.78, 5) is 13.5. The molecule has 50 valence electrons. The van der Waals surface area contributed by atoms with Gasteiger partial charge in [0.15, 0.2) is 0 Å². The summed E-state index contributed by atoms with van der Waals surface area (Å²) in [5.74, 6) is 0. The molecule has 10 heavy (non-hydrogen) atoms. The minimum Gasteiger partial charge on any atom is -0.328 e. The van der Waals surface area contributed by atoms with E-state index in [1.807, 2.05) is 6.07 Å². The molecular formula is C6H4N2OS. The van der Waals surface area contributed by atoms with Crippen molar-refractivity contribution >= 4 is 21.6 Å². The smallest absolute Gasteiger partial charge is 0.258 e. The Labute approximate surface area is 60.5 Å². The first-order valence-electron chi connectivity index (χ1n) is 2.80. The number of nitrogens with zero attached hydrogens (tertiary/aromatic N) is 1. The van der Waals surface area contributed by atoms with Crippen molar-refractivity contribution in [1.29, 1.82) is 0 Å². The number of H-pyrrole nitrogens is 1. The third kappa shape index (κ3) is 0.657. The minimum atomic E-state index is -0.0637. The number of fused-ring (bicyclic) bond motifs is 1. The van der Waals surface area contributed by atoms with Crippen LogP contribution in [0.2, 0.25) is 0 Å². The highest BCUT2D eigenvalue weighted by Crippen LogP contribution is 2.11. The second kappa shape index (κ2) is 1.91. The van der Waals surface area contributed by atoms with Gasteiger partial charge in [-0.15, -0.1) is 0 Å². The fourth-order valence-corrected chi connectivity index (χ4v) is 1.45. The van der Waals surface area contributed by atoms with Crippen LogP contribution in [0.3, 0.4) is 0 Å². The van der Waals surface area contributed by atoms with Crippen LogP contribution in [0.1, 0.15) is 0 Å². The van der Waals surface area contributed by atoms with Crippen molar-refractivity contribution < 1.29 is 0 Å². The lowest BCUT2D eigenvalue weighted by Gasteiger charge is -1.81. The van der Waals surface area contributed by atoms with Gasteiger partial charge in [0.1, 0.15) is 0 Å². The van der Waals surface area contributed by atoms with Gasteiger partial charge in [0, 0.05) is 6.20 Å². The fourth-order valence-electron chi connectivity index (χ4n) is 0.810. The van der Waals surface area contributed by atoms with E-state index < -0.39 is 0 Å². The molecule has 0 saturated heterocycles. The normalized spacial score (nSPS) is 10.4. The van der Waals surface area contributed by atoms with E-state index in [-0.39, 0.29) is 5.56 Å². The highest BCUT2D eigenvalue weighted by molar-refractivity contribution is 7.13. The average Bonchev–Trinajstić information content (AvgIpc) is 2.36. The summed E-state index contributed by atoms with van der Waals surface area (Å²) in [6.07, 6.45) is 3.21. The van der Waals surface area contributed by atoms with E-state index in [1.165, 1.54) is 11.5 Å². The van der Waals surface area contributed by atoms with Gasteiger partial charge in [-0.25, -0.2) is 0 Å². The molecule has 0 radical (unpaired) electrons. The first-order chi connectivity index (χ1) is 4.88. The number of pyridine rings is 1. The molecule has 0 unspecified atom stereocenters. The molecule has 1 N–H and O–H groups in total. The standard InChI is InChI=1S/C6H4N2OS/c9-6-4-3-8-10-5(4)1-2-7-6/h1-3H,(H,7,9). The highest BCUT2D eigenvalue weighted by Gasteiger charge is 1.96. The summed E-state index contributed by atoms with van der Waals surface area (Å²) in [6, 6.07) is 1.84. The van der Waals surface area contributed by atoms with Crippen LogP contribution in [0.5, 0.6) is 0 Å². The molecular weight excluding hydrogens is 148 g/mol. The molecule has 2 rings (SSSR count). The van der Waals surface area contributed by atoms with Crippen LogP contribution in [0.25, 0.3) is 10.1 Å². The number of aromatic amines is 1. The molecule has 0 amide bonds. The quantitative estimate of drug-likeness (QED) is 0.611. The Morgan fingerprint density at radius 1 is 1.60 bits per heavy atom. The number of hydrogen-bond acceptors (Lipinski definition) is 3. The SMILES string of the molecule is O=c1[nH]ccc2sncc12. The molecule has 0 fully saturated rings. The van der Waals surface area contributed by atoms with Gasteiger partial charge in [-0.05, 0) is 17.6 Å². The zero-order valence-corrected chi connectivity index (χ0v) is 5.81. The lowest BCUT2D eigenvalue weighted by atomic mass is 10.4. The lowest BCUT2D eigenvalue weighted by Crippen LogP contribution is -2.01. The predicted molar refractivity (Wildman–Crippen MR) is 40.2 cm³/mol. The predicted octanol–water partition coefficient (Wildman–Crippen LogP) is 0.985. The zero-order valence-electron chi connectivity index (χ0n) is 5.00. The third-order valence-electron chi connectivity index (χ3n) is 1.29. The van der Waals surface area contributed by atoms with Gasteiger partial charge < -0.3 is 4.98 Å². The summed E-state index contributed by atoms with van der Waals surface area (Å²) in [6.45, 7) is 0. The van der Waals surface area contributed by atoms with Crippen LogP contribution in [0.15, 0.2) is 23.3 Å². The topological polar surface area (TPSA) is 45.8 Å². The second-order valence-electron chi connectivity index (χ2n) is 1.91. The largest absolute Gasteiger partial charge is 0.328 e. The first kappa shape index (κ1) is 5.61. The van der Waals surface area contributed by atoms with Gasteiger partial charge in [-0.3, -0.25) is 4.79 Å².